The quantitative estimate of drug-likeness (QED) is 0.0197. The molecular formula is C53H100NO7P. The number of rotatable bonds is 48. The van der Waals surface area contributed by atoms with Crippen molar-refractivity contribution in [3.05, 3.63) is 48.6 Å². The van der Waals surface area contributed by atoms with Crippen molar-refractivity contribution < 1.29 is 37.3 Å². The number of ether oxygens (including phenoxy) is 2. The average Bonchev–Trinajstić information content (AvgIpc) is 3.23. The fraction of sp³-hybridized carbons (Fsp3) is 0.830. The summed E-state index contributed by atoms with van der Waals surface area (Å²) >= 11 is 0. The Kier molecular flexibility index (Phi) is 44.9. The number of carbonyl (C=O) groups excluding carboxylic acids is 1. The van der Waals surface area contributed by atoms with Crippen LogP contribution in [0.4, 0.5) is 0 Å². The predicted octanol–water partition coefficient (Wildman–Crippen LogP) is 15.3. The lowest BCUT2D eigenvalue weighted by molar-refractivity contribution is -0.870. The van der Waals surface area contributed by atoms with E-state index in [9.17, 15) is 14.3 Å². The first-order valence-corrected chi connectivity index (χ1v) is 27.3. The lowest BCUT2D eigenvalue weighted by atomic mass is 10.0. The number of hydrogen-bond acceptors (Lipinski definition) is 7. The fourth-order valence-electron chi connectivity index (χ4n) is 7.19. The van der Waals surface area contributed by atoms with E-state index in [1.165, 1.54) is 148 Å². The number of phosphoric acid groups is 1. The van der Waals surface area contributed by atoms with Crippen molar-refractivity contribution in [2.24, 2.45) is 0 Å². The number of carbonyl (C=O) groups is 1. The molecule has 0 saturated heterocycles. The zero-order valence-corrected chi connectivity index (χ0v) is 42.2. The minimum Gasteiger partial charge on any atom is -0.756 e. The van der Waals surface area contributed by atoms with Crippen molar-refractivity contribution in [2.75, 3.05) is 54.1 Å². The summed E-state index contributed by atoms with van der Waals surface area (Å²) in [5.74, 6) is -0.332. The summed E-state index contributed by atoms with van der Waals surface area (Å²) in [6, 6.07) is 0. The molecule has 364 valence electrons. The molecular weight excluding hydrogens is 794 g/mol. The maximum atomic E-state index is 12.7. The van der Waals surface area contributed by atoms with Crippen LogP contribution in [-0.2, 0) is 27.9 Å². The van der Waals surface area contributed by atoms with E-state index in [0.29, 0.717) is 24.1 Å². The molecule has 0 fully saturated rings. The molecule has 0 aromatic heterocycles. The summed E-state index contributed by atoms with van der Waals surface area (Å²) in [6.07, 6.45) is 57.0. The van der Waals surface area contributed by atoms with Crippen LogP contribution in [0.3, 0.4) is 0 Å². The van der Waals surface area contributed by atoms with Crippen molar-refractivity contribution in [2.45, 2.75) is 232 Å². The van der Waals surface area contributed by atoms with Gasteiger partial charge in [0.15, 0.2) is 0 Å². The number of hydrogen-bond donors (Lipinski definition) is 0. The van der Waals surface area contributed by atoms with Gasteiger partial charge in [-0.25, -0.2) is 0 Å². The standard InChI is InChI=1S/C53H100NO7P/c1-6-8-10-12-14-16-18-20-22-24-25-26-27-28-29-30-31-33-35-37-39-41-43-45-48-58-50-52(51-60-62(56,57)59-49-47-54(3,4)5)61-53(55)46-44-42-40-38-36-34-32-23-21-19-17-15-13-11-9-7-2/h8,10,14,16,20,22,25-26,52H,6-7,9,11-13,15,17-19,21,23-24,27-51H2,1-5H3/b10-8-,16-14-,22-20-,26-25-. The minimum absolute atomic E-state index is 0.0260. The smallest absolute Gasteiger partial charge is 0.306 e. The van der Waals surface area contributed by atoms with Crippen LogP contribution in [0.2, 0.25) is 0 Å². The van der Waals surface area contributed by atoms with Gasteiger partial charge in [-0.05, 0) is 51.4 Å². The van der Waals surface area contributed by atoms with Crippen LogP contribution < -0.4 is 4.89 Å². The molecule has 0 rings (SSSR count). The Labute approximate surface area is 384 Å². The first kappa shape index (κ1) is 60.5. The molecule has 0 spiro atoms. The SMILES string of the molecule is CC/C=C\C/C=C\C/C=C\C/C=C\CCCCCCCCCCCCCOCC(COP(=O)([O-])OCC[N+](C)(C)C)OC(=O)CCCCCCCCCCCCCCCCCC. The van der Waals surface area contributed by atoms with E-state index in [1.807, 2.05) is 21.1 Å². The van der Waals surface area contributed by atoms with E-state index < -0.39 is 13.9 Å². The van der Waals surface area contributed by atoms with Gasteiger partial charge in [0, 0.05) is 13.0 Å². The highest BCUT2D eigenvalue weighted by molar-refractivity contribution is 7.45. The molecule has 0 N–H and O–H groups in total. The van der Waals surface area contributed by atoms with Crippen molar-refractivity contribution in [3.63, 3.8) is 0 Å². The Morgan fingerprint density at radius 2 is 0.935 bits per heavy atom. The van der Waals surface area contributed by atoms with Gasteiger partial charge in [-0.15, -0.1) is 0 Å². The molecule has 0 saturated carbocycles. The topological polar surface area (TPSA) is 94.1 Å². The molecule has 8 nitrogen and oxygen atoms in total. The van der Waals surface area contributed by atoms with Crippen LogP contribution in [-0.4, -0.2) is 70.7 Å². The second-order valence-corrected chi connectivity index (χ2v) is 19.9. The molecule has 0 aliphatic rings. The Hall–Kier alpha value is -1.54. The van der Waals surface area contributed by atoms with E-state index in [4.69, 9.17) is 18.5 Å². The zero-order valence-electron chi connectivity index (χ0n) is 41.3. The number of quaternary nitrogens is 1. The van der Waals surface area contributed by atoms with Gasteiger partial charge in [-0.1, -0.05) is 217 Å². The van der Waals surface area contributed by atoms with Gasteiger partial charge in [-0.2, -0.15) is 0 Å². The summed E-state index contributed by atoms with van der Waals surface area (Å²) in [5, 5.41) is 0. The largest absolute Gasteiger partial charge is 0.756 e. The molecule has 0 aromatic rings. The van der Waals surface area contributed by atoms with E-state index in [1.54, 1.807) is 0 Å². The Balaban J connectivity index is 4.10. The summed E-state index contributed by atoms with van der Waals surface area (Å²) in [7, 11) is 1.36. The third kappa shape index (κ3) is 49.5. The number of unbranched alkanes of at least 4 members (excludes halogenated alkanes) is 26. The van der Waals surface area contributed by atoms with Gasteiger partial charge in [-0.3, -0.25) is 9.36 Å². The molecule has 0 aliphatic carbocycles. The fourth-order valence-corrected chi connectivity index (χ4v) is 7.91. The zero-order chi connectivity index (χ0) is 45.5. The molecule has 0 aromatic carbocycles. The number of esters is 1. The van der Waals surface area contributed by atoms with Crippen LogP contribution in [0.25, 0.3) is 0 Å². The van der Waals surface area contributed by atoms with Crippen molar-refractivity contribution in [3.8, 4) is 0 Å². The number of nitrogens with zero attached hydrogens (tertiary/aromatic N) is 1. The van der Waals surface area contributed by atoms with Gasteiger partial charge < -0.3 is 27.9 Å². The molecule has 0 amide bonds. The van der Waals surface area contributed by atoms with Gasteiger partial charge in [0.2, 0.25) is 0 Å². The maximum absolute atomic E-state index is 12.7. The van der Waals surface area contributed by atoms with Crippen LogP contribution in [0.15, 0.2) is 48.6 Å². The van der Waals surface area contributed by atoms with Crippen molar-refractivity contribution in [1.29, 1.82) is 0 Å². The second kappa shape index (κ2) is 46.0. The number of likely N-dealkylation sites (N-methyl/N-ethyl adjacent to an activating group) is 1. The van der Waals surface area contributed by atoms with Crippen molar-refractivity contribution in [1.82, 2.24) is 0 Å². The van der Waals surface area contributed by atoms with Gasteiger partial charge in [0.25, 0.3) is 7.82 Å². The Morgan fingerprint density at radius 1 is 0.516 bits per heavy atom. The second-order valence-electron chi connectivity index (χ2n) is 18.5. The maximum Gasteiger partial charge on any atom is 0.306 e. The van der Waals surface area contributed by atoms with Crippen molar-refractivity contribution >= 4 is 13.8 Å². The highest BCUT2D eigenvalue weighted by Gasteiger charge is 2.20. The monoisotopic (exact) mass is 894 g/mol. The van der Waals surface area contributed by atoms with Crippen LogP contribution in [0.1, 0.15) is 226 Å². The summed E-state index contributed by atoms with van der Waals surface area (Å²) in [5.41, 5.74) is 0. The van der Waals surface area contributed by atoms with Gasteiger partial charge in [0.1, 0.15) is 19.3 Å². The highest BCUT2D eigenvalue weighted by atomic mass is 31.2. The van der Waals surface area contributed by atoms with Gasteiger partial charge >= 0.3 is 5.97 Å². The number of allylic oxidation sites excluding steroid dienone is 8. The molecule has 2 atom stereocenters. The van der Waals surface area contributed by atoms with Crippen LogP contribution >= 0.6 is 7.82 Å². The Bertz CT molecular complexity index is 1130. The molecule has 0 aliphatic heterocycles. The molecule has 0 radical (unpaired) electrons. The van der Waals surface area contributed by atoms with Crippen LogP contribution in [0.5, 0.6) is 0 Å². The van der Waals surface area contributed by atoms with E-state index in [2.05, 4.69) is 62.5 Å². The lowest BCUT2D eigenvalue weighted by Gasteiger charge is -2.28. The van der Waals surface area contributed by atoms with E-state index in [-0.39, 0.29) is 25.8 Å². The third-order valence-corrected chi connectivity index (χ3v) is 12.1. The van der Waals surface area contributed by atoms with Crippen LogP contribution in [0, 0.1) is 0 Å². The van der Waals surface area contributed by atoms with E-state index in [0.717, 1.165) is 57.8 Å². The normalized spacial score (nSPS) is 14.0. The lowest BCUT2D eigenvalue weighted by Crippen LogP contribution is -2.37. The molecule has 0 bridgehead atoms. The molecule has 62 heavy (non-hydrogen) atoms. The first-order valence-electron chi connectivity index (χ1n) is 25.9. The van der Waals surface area contributed by atoms with E-state index >= 15 is 0 Å². The summed E-state index contributed by atoms with van der Waals surface area (Å²) in [6.45, 7) is 5.33. The summed E-state index contributed by atoms with van der Waals surface area (Å²) in [4.78, 5) is 25.2. The molecule has 2 unspecified atom stereocenters. The molecule has 9 heteroatoms. The predicted molar refractivity (Wildman–Crippen MR) is 263 cm³/mol. The highest BCUT2D eigenvalue weighted by Crippen LogP contribution is 2.38. The first-order chi connectivity index (χ1) is 30.1. The Morgan fingerprint density at radius 3 is 1.40 bits per heavy atom. The summed E-state index contributed by atoms with van der Waals surface area (Å²) < 4.78 is 34.8. The third-order valence-electron chi connectivity index (χ3n) is 11.1. The van der Waals surface area contributed by atoms with Gasteiger partial charge in [0.05, 0.1) is 34.4 Å². The average molecular weight is 894 g/mol. The molecule has 0 heterocycles. The minimum atomic E-state index is -4.53. The number of phosphoric ester groups is 1.